The zero-order valence-corrected chi connectivity index (χ0v) is 17.4. The first-order valence-electron chi connectivity index (χ1n) is 10.7. The van der Waals surface area contributed by atoms with Crippen LogP contribution in [0.2, 0.25) is 0 Å². The van der Waals surface area contributed by atoms with E-state index in [1.807, 2.05) is 0 Å². The second-order valence-electron chi connectivity index (χ2n) is 7.57. The number of benzene rings is 4. The Bertz CT molecular complexity index is 914. The maximum absolute atomic E-state index is 6.71. The first-order chi connectivity index (χ1) is 14.9. The second kappa shape index (κ2) is 9.56. The third kappa shape index (κ3) is 3.81. The van der Waals surface area contributed by atoms with Crippen LogP contribution in [0.1, 0.15) is 41.7 Å². The quantitative estimate of drug-likeness (QED) is 0.288. The molecule has 0 aromatic heterocycles. The minimum Gasteiger partial charge on any atom is -0.372 e. The van der Waals surface area contributed by atoms with E-state index in [0.717, 1.165) is 6.42 Å². The standard InChI is InChI=1S/C29H28O/c1-2-23-30-28(24-15-7-3-8-16-24)29(25-17-9-4-10-18-25,26-19-11-5-12-20-26)27-21-13-6-14-22-27/h3-22,28H,2,23H2,1H3. The third-order valence-electron chi connectivity index (χ3n) is 5.67. The van der Waals surface area contributed by atoms with Crippen molar-refractivity contribution in [1.29, 1.82) is 0 Å². The summed E-state index contributed by atoms with van der Waals surface area (Å²) in [6, 6.07) is 43.0. The average molecular weight is 393 g/mol. The highest BCUT2D eigenvalue weighted by molar-refractivity contribution is 5.53. The minimum absolute atomic E-state index is 0.161. The molecule has 0 N–H and O–H groups in total. The van der Waals surface area contributed by atoms with Gasteiger partial charge in [0.15, 0.2) is 0 Å². The highest BCUT2D eigenvalue weighted by atomic mass is 16.5. The summed E-state index contributed by atoms with van der Waals surface area (Å²) in [5.41, 5.74) is 4.40. The number of hydrogen-bond donors (Lipinski definition) is 0. The smallest absolute Gasteiger partial charge is 0.100 e. The Balaban J connectivity index is 2.07. The molecule has 1 atom stereocenters. The van der Waals surface area contributed by atoms with Crippen molar-refractivity contribution in [2.45, 2.75) is 24.9 Å². The molecule has 30 heavy (non-hydrogen) atoms. The molecule has 150 valence electrons. The molecule has 1 nitrogen and oxygen atoms in total. The highest BCUT2D eigenvalue weighted by Crippen LogP contribution is 2.50. The van der Waals surface area contributed by atoms with Crippen molar-refractivity contribution in [3.05, 3.63) is 144 Å². The second-order valence-corrected chi connectivity index (χ2v) is 7.57. The van der Waals surface area contributed by atoms with Gasteiger partial charge >= 0.3 is 0 Å². The molecule has 1 unspecified atom stereocenters. The van der Waals surface area contributed by atoms with Gasteiger partial charge in [0.1, 0.15) is 6.10 Å². The molecule has 0 amide bonds. The Morgan fingerprint density at radius 1 is 0.567 bits per heavy atom. The molecule has 0 radical (unpaired) electrons. The third-order valence-corrected chi connectivity index (χ3v) is 5.67. The molecular formula is C29H28O. The molecule has 0 saturated heterocycles. The Morgan fingerprint density at radius 2 is 0.933 bits per heavy atom. The van der Waals surface area contributed by atoms with E-state index < -0.39 is 5.41 Å². The van der Waals surface area contributed by atoms with Crippen LogP contribution in [0.4, 0.5) is 0 Å². The van der Waals surface area contributed by atoms with E-state index in [9.17, 15) is 0 Å². The van der Waals surface area contributed by atoms with E-state index in [1.165, 1.54) is 22.3 Å². The molecule has 0 aliphatic carbocycles. The average Bonchev–Trinajstić information content (AvgIpc) is 2.84. The van der Waals surface area contributed by atoms with Gasteiger partial charge in [0, 0.05) is 6.61 Å². The van der Waals surface area contributed by atoms with E-state index in [1.54, 1.807) is 0 Å². The molecule has 0 saturated carbocycles. The lowest BCUT2D eigenvalue weighted by Gasteiger charge is -2.42. The molecule has 4 rings (SSSR count). The number of rotatable bonds is 8. The molecule has 1 heteroatoms. The zero-order chi connectivity index (χ0) is 20.7. The fourth-order valence-electron chi connectivity index (χ4n) is 4.39. The molecule has 0 heterocycles. The Labute approximate surface area is 180 Å². The number of ether oxygens (including phenoxy) is 1. The predicted octanol–water partition coefficient (Wildman–Crippen LogP) is 7.19. The molecule has 0 fully saturated rings. The van der Waals surface area contributed by atoms with Crippen molar-refractivity contribution in [2.24, 2.45) is 0 Å². The fourth-order valence-corrected chi connectivity index (χ4v) is 4.39. The van der Waals surface area contributed by atoms with Gasteiger partial charge < -0.3 is 4.74 Å². The van der Waals surface area contributed by atoms with Gasteiger partial charge in [0.2, 0.25) is 0 Å². The van der Waals surface area contributed by atoms with Crippen molar-refractivity contribution in [1.82, 2.24) is 0 Å². The summed E-state index contributed by atoms with van der Waals surface area (Å²) in [5.74, 6) is 0. The zero-order valence-electron chi connectivity index (χ0n) is 17.4. The normalized spacial score (nSPS) is 12.4. The first-order valence-corrected chi connectivity index (χ1v) is 10.7. The van der Waals surface area contributed by atoms with E-state index in [4.69, 9.17) is 4.74 Å². The van der Waals surface area contributed by atoms with Gasteiger partial charge in [0.25, 0.3) is 0 Å². The molecule has 0 aliphatic rings. The Morgan fingerprint density at radius 3 is 1.30 bits per heavy atom. The van der Waals surface area contributed by atoms with E-state index in [0.29, 0.717) is 6.61 Å². The summed E-state index contributed by atoms with van der Waals surface area (Å²) in [7, 11) is 0. The maximum atomic E-state index is 6.71. The van der Waals surface area contributed by atoms with Gasteiger partial charge in [-0.1, -0.05) is 128 Å². The van der Waals surface area contributed by atoms with Crippen LogP contribution in [0.5, 0.6) is 0 Å². The minimum atomic E-state index is -0.472. The van der Waals surface area contributed by atoms with Crippen molar-refractivity contribution < 1.29 is 4.74 Å². The summed E-state index contributed by atoms with van der Waals surface area (Å²) >= 11 is 0. The van der Waals surface area contributed by atoms with E-state index in [2.05, 4.69) is 128 Å². The summed E-state index contributed by atoms with van der Waals surface area (Å²) in [5, 5.41) is 0. The van der Waals surface area contributed by atoms with E-state index in [-0.39, 0.29) is 6.10 Å². The van der Waals surface area contributed by atoms with Crippen molar-refractivity contribution in [3.8, 4) is 0 Å². The molecule has 0 aliphatic heterocycles. The van der Waals surface area contributed by atoms with Gasteiger partial charge in [0.05, 0.1) is 5.41 Å². The summed E-state index contributed by atoms with van der Waals surface area (Å²) in [6.07, 6.45) is 0.809. The van der Waals surface area contributed by atoms with Crippen LogP contribution in [0.3, 0.4) is 0 Å². The van der Waals surface area contributed by atoms with Gasteiger partial charge in [-0.15, -0.1) is 0 Å². The maximum Gasteiger partial charge on any atom is 0.100 e. The van der Waals surface area contributed by atoms with Crippen LogP contribution in [0.15, 0.2) is 121 Å². The van der Waals surface area contributed by atoms with Gasteiger partial charge in [-0.05, 0) is 28.7 Å². The molecule has 0 bridgehead atoms. The van der Waals surface area contributed by atoms with Gasteiger partial charge in [-0.2, -0.15) is 0 Å². The molecule has 4 aromatic rings. The van der Waals surface area contributed by atoms with Crippen molar-refractivity contribution >= 4 is 0 Å². The highest BCUT2D eigenvalue weighted by Gasteiger charge is 2.45. The summed E-state index contributed by atoms with van der Waals surface area (Å²) in [4.78, 5) is 0. The molecule has 0 spiro atoms. The van der Waals surface area contributed by atoms with Crippen LogP contribution in [0.25, 0.3) is 0 Å². The van der Waals surface area contributed by atoms with Crippen LogP contribution in [-0.4, -0.2) is 6.61 Å². The van der Waals surface area contributed by atoms with Crippen molar-refractivity contribution in [3.63, 3.8) is 0 Å². The summed E-state index contributed by atoms with van der Waals surface area (Å²) < 4.78 is 6.71. The molecular weight excluding hydrogens is 364 g/mol. The topological polar surface area (TPSA) is 9.23 Å². The predicted molar refractivity (Wildman–Crippen MR) is 125 cm³/mol. The lowest BCUT2D eigenvalue weighted by molar-refractivity contribution is 0.0189. The van der Waals surface area contributed by atoms with Crippen LogP contribution in [-0.2, 0) is 10.2 Å². The lowest BCUT2D eigenvalue weighted by Crippen LogP contribution is -2.38. The Kier molecular flexibility index (Phi) is 6.41. The monoisotopic (exact) mass is 392 g/mol. The SMILES string of the molecule is CCCOC(c1ccccc1)C(c1ccccc1)(c1ccccc1)c1ccccc1. The molecule has 4 aromatic carbocycles. The first kappa shape index (κ1) is 20.1. The van der Waals surface area contributed by atoms with Crippen LogP contribution >= 0.6 is 0 Å². The van der Waals surface area contributed by atoms with Gasteiger partial charge in [-0.3, -0.25) is 0 Å². The van der Waals surface area contributed by atoms with Crippen molar-refractivity contribution in [2.75, 3.05) is 6.61 Å². The Hall–Kier alpha value is -3.16. The lowest BCUT2D eigenvalue weighted by atomic mass is 9.64. The van der Waals surface area contributed by atoms with Gasteiger partial charge in [-0.25, -0.2) is 0 Å². The summed E-state index contributed by atoms with van der Waals surface area (Å²) in [6.45, 7) is 2.87. The van der Waals surface area contributed by atoms with E-state index >= 15 is 0 Å². The van der Waals surface area contributed by atoms with Crippen LogP contribution < -0.4 is 0 Å². The largest absolute Gasteiger partial charge is 0.372 e. The fraction of sp³-hybridized carbons (Fsp3) is 0.172. The number of hydrogen-bond acceptors (Lipinski definition) is 1. The van der Waals surface area contributed by atoms with Crippen LogP contribution in [0, 0.1) is 0 Å².